The summed E-state index contributed by atoms with van der Waals surface area (Å²) in [5.74, 6) is 3.51. The second-order valence-corrected chi connectivity index (χ2v) is 5.54. The molecule has 3 rings (SSSR count). The number of anilines is 1. The van der Waals surface area contributed by atoms with Crippen LogP contribution in [0.15, 0.2) is 22.6 Å². The van der Waals surface area contributed by atoms with Gasteiger partial charge in [0.2, 0.25) is 0 Å². The molecule has 1 aromatic heterocycles. The quantitative estimate of drug-likeness (QED) is 0.876. The standard InChI is InChI=1S/C17H21N3O/c1-3-9-20-10-7-13(8-11-20)18-14-5-6-16-15(12-14)19-17(4-2)21-16/h1,5-6,12-13,18H,4,7-11H2,2H3. The van der Waals surface area contributed by atoms with E-state index in [1.807, 2.05) is 13.0 Å². The van der Waals surface area contributed by atoms with Gasteiger partial charge in [-0.25, -0.2) is 4.98 Å². The van der Waals surface area contributed by atoms with Crippen LogP contribution in [-0.2, 0) is 6.42 Å². The van der Waals surface area contributed by atoms with E-state index < -0.39 is 0 Å². The largest absolute Gasteiger partial charge is 0.441 e. The lowest BCUT2D eigenvalue weighted by molar-refractivity contribution is 0.243. The lowest BCUT2D eigenvalue weighted by Crippen LogP contribution is -2.39. The first kappa shape index (κ1) is 14.0. The number of hydrogen-bond acceptors (Lipinski definition) is 4. The highest BCUT2D eigenvalue weighted by Crippen LogP contribution is 2.22. The molecule has 1 aliphatic heterocycles. The van der Waals surface area contributed by atoms with Crippen molar-refractivity contribution < 1.29 is 4.42 Å². The van der Waals surface area contributed by atoms with Gasteiger partial charge in [0.1, 0.15) is 5.52 Å². The highest BCUT2D eigenvalue weighted by molar-refractivity contribution is 5.77. The highest BCUT2D eigenvalue weighted by Gasteiger charge is 2.18. The van der Waals surface area contributed by atoms with E-state index >= 15 is 0 Å². The summed E-state index contributed by atoms with van der Waals surface area (Å²) in [6.45, 7) is 4.94. The molecule has 2 heterocycles. The number of nitrogens with zero attached hydrogens (tertiary/aromatic N) is 2. The van der Waals surface area contributed by atoms with Gasteiger partial charge in [-0.1, -0.05) is 12.8 Å². The number of terminal acetylenes is 1. The molecule has 0 radical (unpaired) electrons. The maximum Gasteiger partial charge on any atom is 0.195 e. The van der Waals surface area contributed by atoms with E-state index in [9.17, 15) is 0 Å². The minimum atomic E-state index is 0.508. The Morgan fingerprint density at radius 1 is 1.43 bits per heavy atom. The zero-order valence-corrected chi connectivity index (χ0v) is 12.4. The Balaban J connectivity index is 1.64. The summed E-state index contributed by atoms with van der Waals surface area (Å²) in [6, 6.07) is 6.65. The fraction of sp³-hybridized carbons (Fsp3) is 0.471. The van der Waals surface area contributed by atoms with Crippen LogP contribution in [0, 0.1) is 12.3 Å². The van der Waals surface area contributed by atoms with E-state index in [1.165, 1.54) is 0 Å². The van der Waals surface area contributed by atoms with Crippen LogP contribution in [0.4, 0.5) is 5.69 Å². The SMILES string of the molecule is C#CCN1CCC(Nc2ccc3oc(CC)nc3c2)CC1. The van der Waals surface area contributed by atoms with Crippen LogP contribution in [0.1, 0.15) is 25.7 Å². The molecule has 0 atom stereocenters. The van der Waals surface area contributed by atoms with Crippen LogP contribution < -0.4 is 5.32 Å². The van der Waals surface area contributed by atoms with Crippen molar-refractivity contribution in [2.24, 2.45) is 0 Å². The van der Waals surface area contributed by atoms with Gasteiger partial charge < -0.3 is 9.73 Å². The Labute approximate surface area is 125 Å². The Morgan fingerprint density at radius 2 is 2.24 bits per heavy atom. The number of likely N-dealkylation sites (tertiary alicyclic amines) is 1. The van der Waals surface area contributed by atoms with Crippen LogP contribution in [0.25, 0.3) is 11.1 Å². The van der Waals surface area contributed by atoms with Gasteiger partial charge in [0.25, 0.3) is 0 Å². The van der Waals surface area contributed by atoms with Gasteiger partial charge in [0.05, 0.1) is 6.54 Å². The van der Waals surface area contributed by atoms with Gasteiger partial charge in [-0.3, -0.25) is 4.90 Å². The van der Waals surface area contributed by atoms with Crippen LogP contribution in [0.3, 0.4) is 0 Å². The number of piperidine rings is 1. The molecule has 1 aliphatic rings. The van der Waals surface area contributed by atoms with E-state index in [2.05, 4.69) is 33.3 Å². The summed E-state index contributed by atoms with van der Waals surface area (Å²) in [6.07, 6.45) is 8.43. The molecule has 4 nitrogen and oxygen atoms in total. The third kappa shape index (κ3) is 3.20. The topological polar surface area (TPSA) is 41.3 Å². The number of aromatic nitrogens is 1. The molecule has 21 heavy (non-hydrogen) atoms. The average Bonchev–Trinajstić information content (AvgIpc) is 2.92. The van der Waals surface area contributed by atoms with E-state index in [4.69, 9.17) is 10.8 Å². The summed E-state index contributed by atoms with van der Waals surface area (Å²) >= 11 is 0. The molecule has 0 spiro atoms. The fourth-order valence-corrected chi connectivity index (χ4v) is 2.82. The number of nitrogens with one attached hydrogen (secondary N) is 1. The Kier molecular flexibility index (Phi) is 4.12. The molecule has 1 fully saturated rings. The van der Waals surface area contributed by atoms with Crippen molar-refractivity contribution in [2.75, 3.05) is 25.0 Å². The van der Waals surface area contributed by atoms with Crippen molar-refractivity contribution in [1.29, 1.82) is 0 Å². The Bertz CT molecular complexity index is 648. The average molecular weight is 283 g/mol. The van der Waals surface area contributed by atoms with Crippen molar-refractivity contribution in [2.45, 2.75) is 32.2 Å². The van der Waals surface area contributed by atoms with Crippen molar-refractivity contribution in [1.82, 2.24) is 9.88 Å². The lowest BCUT2D eigenvalue weighted by atomic mass is 10.0. The molecular weight excluding hydrogens is 262 g/mol. The zero-order chi connectivity index (χ0) is 14.7. The molecule has 0 unspecified atom stereocenters. The highest BCUT2D eigenvalue weighted by atomic mass is 16.3. The zero-order valence-electron chi connectivity index (χ0n) is 12.4. The Morgan fingerprint density at radius 3 is 2.95 bits per heavy atom. The van der Waals surface area contributed by atoms with Gasteiger partial charge in [-0.05, 0) is 31.0 Å². The second kappa shape index (κ2) is 6.19. The molecule has 1 saturated heterocycles. The molecule has 2 aromatic rings. The second-order valence-electron chi connectivity index (χ2n) is 5.54. The van der Waals surface area contributed by atoms with Gasteiger partial charge >= 0.3 is 0 Å². The fourth-order valence-electron chi connectivity index (χ4n) is 2.82. The van der Waals surface area contributed by atoms with Crippen LogP contribution in [-0.4, -0.2) is 35.6 Å². The number of hydrogen-bond donors (Lipinski definition) is 1. The van der Waals surface area contributed by atoms with Crippen LogP contribution in [0.2, 0.25) is 0 Å². The smallest absolute Gasteiger partial charge is 0.195 e. The number of oxazole rings is 1. The van der Waals surface area contributed by atoms with Crippen LogP contribution in [0.5, 0.6) is 0 Å². The van der Waals surface area contributed by atoms with Crippen molar-refractivity contribution in [3.05, 3.63) is 24.1 Å². The van der Waals surface area contributed by atoms with Gasteiger partial charge in [-0.2, -0.15) is 0 Å². The molecular formula is C17H21N3O. The van der Waals surface area contributed by atoms with Gasteiger partial charge in [-0.15, -0.1) is 6.42 Å². The minimum absolute atomic E-state index is 0.508. The maximum absolute atomic E-state index is 5.64. The van der Waals surface area contributed by atoms with Crippen molar-refractivity contribution >= 4 is 16.8 Å². The maximum atomic E-state index is 5.64. The van der Waals surface area contributed by atoms with E-state index in [1.54, 1.807) is 0 Å². The molecule has 1 N–H and O–H groups in total. The summed E-state index contributed by atoms with van der Waals surface area (Å²) < 4.78 is 5.64. The molecule has 0 saturated carbocycles. The number of benzene rings is 1. The van der Waals surface area contributed by atoms with E-state index in [0.717, 1.165) is 61.6 Å². The summed E-state index contributed by atoms with van der Waals surface area (Å²) in [4.78, 5) is 6.81. The molecule has 0 bridgehead atoms. The normalized spacial score (nSPS) is 17.0. The van der Waals surface area contributed by atoms with Gasteiger partial charge in [0, 0.05) is 31.2 Å². The number of aryl methyl sites for hydroxylation is 1. The number of fused-ring (bicyclic) bond motifs is 1. The predicted molar refractivity (Wildman–Crippen MR) is 85.3 cm³/mol. The first-order valence-electron chi connectivity index (χ1n) is 7.60. The predicted octanol–water partition coefficient (Wildman–Crippen LogP) is 2.90. The minimum Gasteiger partial charge on any atom is -0.441 e. The molecule has 4 heteroatoms. The lowest BCUT2D eigenvalue weighted by Gasteiger charge is -2.31. The van der Waals surface area contributed by atoms with E-state index in [0.29, 0.717) is 6.04 Å². The van der Waals surface area contributed by atoms with E-state index in [-0.39, 0.29) is 0 Å². The Hall–Kier alpha value is -1.99. The first-order chi connectivity index (χ1) is 10.3. The van der Waals surface area contributed by atoms with Crippen LogP contribution >= 0.6 is 0 Å². The van der Waals surface area contributed by atoms with Gasteiger partial charge in [0.15, 0.2) is 11.5 Å². The van der Waals surface area contributed by atoms with Crippen molar-refractivity contribution in [3.8, 4) is 12.3 Å². The monoisotopic (exact) mass is 283 g/mol. The van der Waals surface area contributed by atoms with Crippen molar-refractivity contribution in [3.63, 3.8) is 0 Å². The summed E-state index contributed by atoms with van der Waals surface area (Å²) in [5.41, 5.74) is 2.91. The summed E-state index contributed by atoms with van der Waals surface area (Å²) in [7, 11) is 0. The molecule has 0 aliphatic carbocycles. The molecule has 110 valence electrons. The third-order valence-electron chi connectivity index (χ3n) is 4.01. The molecule has 1 aromatic carbocycles. The first-order valence-corrected chi connectivity index (χ1v) is 7.60. The molecule has 0 amide bonds. The summed E-state index contributed by atoms with van der Waals surface area (Å²) in [5, 5.41) is 3.60. The third-order valence-corrected chi connectivity index (χ3v) is 4.01. The number of rotatable bonds is 4.